The van der Waals surface area contributed by atoms with Crippen molar-refractivity contribution in [3.8, 4) is 0 Å². The Morgan fingerprint density at radius 2 is 2.05 bits per heavy atom. The van der Waals surface area contributed by atoms with Crippen LogP contribution in [-0.4, -0.2) is 12.5 Å². The first kappa shape index (κ1) is 13.0. The Morgan fingerprint density at radius 1 is 1.26 bits per heavy atom. The number of furan rings is 1. The first-order valence-corrected chi connectivity index (χ1v) is 6.05. The summed E-state index contributed by atoms with van der Waals surface area (Å²) in [5, 5.41) is 5.94. The highest BCUT2D eigenvalue weighted by Gasteiger charge is 2.03. The lowest BCUT2D eigenvalue weighted by Crippen LogP contribution is -2.23. The number of rotatable bonds is 6. The Morgan fingerprint density at radius 3 is 2.68 bits per heavy atom. The van der Waals surface area contributed by atoms with Crippen molar-refractivity contribution in [1.29, 1.82) is 0 Å². The highest BCUT2D eigenvalue weighted by atomic mass is 16.3. The fourth-order valence-corrected chi connectivity index (χ4v) is 1.61. The Labute approximate surface area is 112 Å². The van der Waals surface area contributed by atoms with Crippen LogP contribution in [0.5, 0.6) is 0 Å². The second-order valence-electron chi connectivity index (χ2n) is 4.01. The fourth-order valence-electron chi connectivity index (χ4n) is 1.61. The van der Waals surface area contributed by atoms with Gasteiger partial charge in [-0.15, -0.1) is 6.58 Å². The smallest absolute Gasteiger partial charge is 0.251 e. The van der Waals surface area contributed by atoms with Gasteiger partial charge in [-0.1, -0.05) is 6.08 Å². The van der Waals surface area contributed by atoms with Crippen molar-refractivity contribution in [3.05, 3.63) is 66.6 Å². The summed E-state index contributed by atoms with van der Waals surface area (Å²) in [4.78, 5) is 11.7. The molecule has 0 spiro atoms. The molecule has 0 radical (unpaired) electrons. The van der Waals surface area contributed by atoms with Crippen LogP contribution < -0.4 is 10.6 Å². The van der Waals surface area contributed by atoms with Crippen molar-refractivity contribution in [2.75, 3.05) is 11.9 Å². The van der Waals surface area contributed by atoms with E-state index in [1.807, 2.05) is 24.3 Å². The molecule has 2 N–H and O–H groups in total. The molecule has 1 heterocycles. The van der Waals surface area contributed by atoms with Crippen molar-refractivity contribution < 1.29 is 9.21 Å². The Balaban J connectivity index is 1.90. The molecule has 0 aliphatic carbocycles. The molecule has 19 heavy (non-hydrogen) atoms. The van der Waals surface area contributed by atoms with E-state index < -0.39 is 0 Å². The Kier molecular flexibility index (Phi) is 4.39. The highest BCUT2D eigenvalue weighted by Crippen LogP contribution is 2.11. The first-order chi connectivity index (χ1) is 9.29. The summed E-state index contributed by atoms with van der Waals surface area (Å²) < 4.78 is 5.23. The van der Waals surface area contributed by atoms with Gasteiger partial charge in [-0.2, -0.15) is 0 Å². The van der Waals surface area contributed by atoms with E-state index in [4.69, 9.17) is 4.42 Å². The van der Waals surface area contributed by atoms with Crippen LogP contribution in [0, 0.1) is 0 Å². The molecule has 0 bridgehead atoms. The second-order valence-corrected chi connectivity index (χ2v) is 4.01. The summed E-state index contributed by atoms with van der Waals surface area (Å²) in [5.41, 5.74) is 1.57. The minimum atomic E-state index is -0.0996. The molecule has 1 aromatic heterocycles. The van der Waals surface area contributed by atoms with Crippen molar-refractivity contribution >= 4 is 11.6 Å². The predicted molar refractivity (Wildman–Crippen MR) is 75.0 cm³/mol. The van der Waals surface area contributed by atoms with E-state index in [1.165, 1.54) is 0 Å². The quantitative estimate of drug-likeness (QED) is 0.781. The van der Waals surface area contributed by atoms with Gasteiger partial charge in [0.1, 0.15) is 5.76 Å². The number of anilines is 1. The molecule has 0 aliphatic heterocycles. The Hall–Kier alpha value is -2.49. The highest BCUT2D eigenvalue weighted by molar-refractivity contribution is 5.94. The summed E-state index contributed by atoms with van der Waals surface area (Å²) >= 11 is 0. The molecule has 2 rings (SSSR count). The topological polar surface area (TPSA) is 54.3 Å². The van der Waals surface area contributed by atoms with E-state index >= 15 is 0 Å². The average molecular weight is 256 g/mol. The number of amides is 1. The van der Waals surface area contributed by atoms with Crippen LogP contribution in [0.25, 0.3) is 0 Å². The van der Waals surface area contributed by atoms with Crippen molar-refractivity contribution in [2.45, 2.75) is 6.54 Å². The van der Waals surface area contributed by atoms with Gasteiger partial charge in [0.25, 0.3) is 5.91 Å². The lowest BCUT2D eigenvalue weighted by molar-refractivity contribution is 0.0958. The zero-order valence-electron chi connectivity index (χ0n) is 10.6. The third kappa shape index (κ3) is 3.74. The van der Waals surface area contributed by atoms with Gasteiger partial charge >= 0.3 is 0 Å². The molecule has 2 aromatic rings. The number of benzene rings is 1. The van der Waals surface area contributed by atoms with Crippen LogP contribution in [0.4, 0.5) is 5.69 Å². The maximum absolute atomic E-state index is 11.7. The maximum Gasteiger partial charge on any atom is 0.251 e. The normalized spacial score (nSPS) is 9.89. The average Bonchev–Trinajstić information content (AvgIpc) is 2.96. The third-order valence-corrected chi connectivity index (χ3v) is 2.60. The molecule has 0 unspecified atom stereocenters. The number of hydrogen-bond donors (Lipinski definition) is 2. The van der Waals surface area contributed by atoms with Crippen LogP contribution in [0.15, 0.2) is 59.7 Å². The molecular weight excluding hydrogens is 240 g/mol. The second kappa shape index (κ2) is 6.44. The number of nitrogens with one attached hydrogen (secondary N) is 2. The van der Waals surface area contributed by atoms with E-state index in [-0.39, 0.29) is 5.91 Å². The maximum atomic E-state index is 11.7. The lowest BCUT2D eigenvalue weighted by Gasteiger charge is -2.06. The minimum absolute atomic E-state index is 0.0996. The van der Waals surface area contributed by atoms with Crippen LogP contribution in [-0.2, 0) is 6.54 Å². The van der Waals surface area contributed by atoms with Crippen molar-refractivity contribution in [2.24, 2.45) is 0 Å². The van der Waals surface area contributed by atoms with Gasteiger partial charge in [-0.05, 0) is 36.4 Å². The standard InChI is InChI=1S/C15H16N2O2/c1-2-9-16-15(18)12-5-7-13(8-6-12)17-11-14-4-3-10-19-14/h2-8,10,17H,1,9,11H2,(H,16,18). The summed E-state index contributed by atoms with van der Waals surface area (Å²) in [6.07, 6.45) is 3.29. The zero-order valence-corrected chi connectivity index (χ0v) is 10.6. The molecule has 4 nitrogen and oxygen atoms in total. The van der Waals surface area contributed by atoms with E-state index in [2.05, 4.69) is 17.2 Å². The van der Waals surface area contributed by atoms with Crippen LogP contribution >= 0.6 is 0 Å². The summed E-state index contributed by atoms with van der Waals surface area (Å²) in [7, 11) is 0. The van der Waals surface area contributed by atoms with E-state index in [0.29, 0.717) is 18.7 Å². The monoisotopic (exact) mass is 256 g/mol. The summed E-state index contributed by atoms with van der Waals surface area (Å²) in [5.74, 6) is 0.769. The predicted octanol–water partition coefficient (Wildman–Crippen LogP) is 2.81. The van der Waals surface area contributed by atoms with Crippen LogP contribution in [0.3, 0.4) is 0 Å². The SMILES string of the molecule is C=CCNC(=O)c1ccc(NCc2ccco2)cc1. The molecule has 98 valence electrons. The molecule has 1 amide bonds. The van der Waals surface area contributed by atoms with E-state index in [0.717, 1.165) is 11.4 Å². The molecular formula is C15H16N2O2. The molecule has 4 heteroatoms. The third-order valence-electron chi connectivity index (χ3n) is 2.60. The van der Waals surface area contributed by atoms with Gasteiger partial charge in [0.05, 0.1) is 12.8 Å². The summed E-state index contributed by atoms with van der Waals surface area (Å²) in [6.45, 7) is 4.65. The fraction of sp³-hybridized carbons (Fsp3) is 0.133. The van der Waals surface area contributed by atoms with Gasteiger partial charge in [0.2, 0.25) is 0 Å². The van der Waals surface area contributed by atoms with Gasteiger partial charge in [0.15, 0.2) is 0 Å². The van der Waals surface area contributed by atoms with Gasteiger partial charge in [-0.25, -0.2) is 0 Å². The molecule has 0 saturated carbocycles. The molecule has 0 atom stereocenters. The van der Waals surface area contributed by atoms with Gasteiger partial charge in [-0.3, -0.25) is 4.79 Å². The van der Waals surface area contributed by atoms with Crippen LogP contribution in [0.1, 0.15) is 16.1 Å². The zero-order chi connectivity index (χ0) is 13.5. The minimum Gasteiger partial charge on any atom is -0.467 e. The van der Waals surface area contributed by atoms with Crippen molar-refractivity contribution in [1.82, 2.24) is 5.32 Å². The Bertz CT molecular complexity index is 530. The van der Waals surface area contributed by atoms with Gasteiger partial charge < -0.3 is 15.1 Å². The molecule has 0 saturated heterocycles. The number of carbonyl (C=O) groups is 1. The van der Waals surface area contributed by atoms with E-state index in [1.54, 1.807) is 24.5 Å². The molecule has 0 aliphatic rings. The van der Waals surface area contributed by atoms with Crippen molar-refractivity contribution in [3.63, 3.8) is 0 Å². The number of hydrogen-bond acceptors (Lipinski definition) is 3. The molecule has 0 fully saturated rings. The summed E-state index contributed by atoms with van der Waals surface area (Å²) in [6, 6.07) is 11.1. The van der Waals surface area contributed by atoms with Crippen LogP contribution in [0.2, 0.25) is 0 Å². The number of carbonyl (C=O) groups excluding carboxylic acids is 1. The first-order valence-electron chi connectivity index (χ1n) is 6.05. The van der Waals surface area contributed by atoms with E-state index in [9.17, 15) is 4.79 Å². The molecule has 1 aromatic carbocycles. The van der Waals surface area contributed by atoms with Gasteiger partial charge in [0, 0.05) is 17.8 Å². The lowest BCUT2D eigenvalue weighted by atomic mass is 10.2. The largest absolute Gasteiger partial charge is 0.467 e.